The Bertz CT molecular complexity index is 462. The summed E-state index contributed by atoms with van der Waals surface area (Å²) in [5.74, 6) is -0.990. The van der Waals surface area contributed by atoms with Crippen molar-refractivity contribution >= 4 is 27.8 Å². The van der Waals surface area contributed by atoms with Crippen molar-refractivity contribution in [2.24, 2.45) is 0 Å². The lowest BCUT2D eigenvalue weighted by molar-refractivity contribution is -0.138. The van der Waals surface area contributed by atoms with E-state index in [2.05, 4.69) is 28.2 Å². The topological polar surface area (TPSA) is 75.6 Å². The minimum atomic E-state index is -1.08. The third-order valence-electron chi connectivity index (χ3n) is 2.33. The number of ether oxygens (including phenoxy) is 1. The van der Waals surface area contributed by atoms with Crippen LogP contribution in [0.25, 0.3) is 0 Å². The molecule has 2 N–H and O–H groups in total. The largest absolute Gasteiger partial charge is 0.483 e. The van der Waals surface area contributed by atoms with Gasteiger partial charge in [0.2, 0.25) is 0 Å². The molecule has 0 heterocycles. The standard InChI is InChI=1S/C13H16BrNO4/c1-2-3-9-4-5-11(10(14)6-9)19-8-12(16)15-7-13(17)18/h4-6H,2-3,7-8H2,1H3,(H,15,16)(H,17,18). The Morgan fingerprint density at radius 2 is 2.16 bits per heavy atom. The van der Waals surface area contributed by atoms with Gasteiger partial charge < -0.3 is 15.2 Å². The zero-order chi connectivity index (χ0) is 14.3. The third-order valence-corrected chi connectivity index (χ3v) is 2.95. The van der Waals surface area contributed by atoms with Gasteiger partial charge in [-0.3, -0.25) is 9.59 Å². The number of benzene rings is 1. The van der Waals surface area contributed by atoms with Gasteiger partial charge in [-0.05, 0) is 40.0 Å². The second-order valence-corrected chi connectivity index (χ2v) is 4.83. The maximum atomic E-state index is 11.3. The fraction of sp³-hybridized carbons (Fsp3) is 0.385. The zero-order valence-electron chi connectivity index (χ0n) is 10.6. The number of hydrogen-bond acceptors (Lipinski definition) is 3. The Kier molecular flexibility index (Phi) is 6.35. The minimum absolute atomic E-state index is 0.209. The van der Waals surface area contributed by atoms with E-state index in [9.17, 15) is 9.59 Å². The first kappa shape index (κ1) is 15.5. The zero-order valence-corrected chi connectivity index (χ0v) is 12.2. The molecule has 0 aliphatic rings. The van der Waals surface area contributed by atoms with Crippen molar-refractivity contribution in [3.63, 3.8) is 0 Å². The van der Waals surface area contributed by atoms with Crippen LogP contribution in [0.3, 0.4) is 0 Å². The first-order valence-electron chi connectivity index (χ1n) is 5.92. The molecule has 1 rings (SSSR count). The molecule has 6 heteroatoms. The monoisotopic (exact) mass is 329 g/mol. The van der Waals surface area contributed by atoms with Crippen LogP contribution in [0.15, 0.2) is 22.7 Å². The van der Waals surface area contributed by atoms with E-state index in [0.717, 1.165) is 17.3 Å². The average Bonchev–Trinajstić information content (AvgIpc) is 2.35. The summed E-state index contributed by atoms with van der Waals surface area (Å²) in [5.41, 5.74) is 1.19. The van der Waals surface area contributed by atoms with Gasteiger partial charge in [0.25, 0.3) is 5.91 Å². The molecule has 104 valence electrons. The lowest BCUT2D eigenvalue weighted by Crippen LogP contribution is -2.33. The summed E-state index contributed by atoms with van der Waals surface area (Å²) in [6.07, 6.45) is 2.04. The highest BCUT2D eigenvalue weighted by molar-refractivity contribution is 9.10. The van der Waals surface area contributed by atoms with Crippen LogP contribution in [-0.2, 0) is 16.0 Å². The first-order valence-corrected chi connectivity index (χ1v) is 6.72. The van der Waals surface area contributed by atoms with Crippen molar-refractivity contribution < 1.29 is 19.4 Å². The van der Waals surface area contributed by atoms with E-state index >= 15 is 0 Å². The number of aryl methyl sites for hydroxylation is 1. The minimum Gasteiger partial charge on any atom is -0.483 e. The van der Waals surface area contributed by atoms with Crippen LogP contribution in [0.1, 0.15) is 18.9 Å². The lowest BCUT2D eigenvalue weighted by Gasteiger charge is -2.09. The van der Waals surface area contributed by atoms with E-state index in [4.69, 9.17) is 9.84 Å². The summed E-state index contributed by atoms with van der Waals surface area (Å²) in [7, 11) is 0. The Morgan fingerprint density at radius 3 is 2.74 bits per heavy atom. The fourth-order valence-electron chi connectivity index (χ4n) is 1.47. The number of carbonyl (C=O) groups excluding carboxylic acids is 1. The molecule has 0 saturated carbocycles. The van der Waals surface area contributed by atoms with Crippen LogP contribution in [-0.4, -0.2) is 30.1 Å². The summed E-state index contributed by atoms with van der Waals surface area (Å²) < 4.78 is 6.09. The van der Waals surface area contributed by atoms with Gasteiger partial charge in [-0.1, -0.05) is 19.4 Å². The Labute approximate surface area is 120 Å². The van der Waals surface area contributed by atoms with Crippen LogP contribution < -0.4 is 10.1 Å². The van der Waals surface area contributed by atoms with Crippen molar-refractivity contribution in [3.05, 3.63) is 28.2 Å². The van der Waals surface area contributed by atoms with Crippen LogP contribution >= 0.6 is 15.9 Å². The molecule has 0 unspecified atom stereocenters. The number of hydrogen-bond donors (Lipinski definition) is 2. The number of carboxylic acid groups (broad SMARTS) is 1. The van der Waals surface area contributed by atoms with E-state index in [1.54, 1.807) is 6.07 Å². The molecular weight excluding hydrogens is 314 g/mol. The van der Waals surface area contributed by atoms with E-state index in [-0.39, 0.29) is 6.61 Å². The Balaban J connectivity index is 2.49. The van der Waals surface area contributed by atoms with Crippen LogP contribution in [0.4, 0.5) is 0 Å². The number of carbonyl (C=O) groups is 2. The smallest absolute Gasteiger partial charge is 0.322 e. The molecule has 0 spiro atoms. The van der Waals surface area contributed by atoms with E-state index in [0.29, 0.717) is 5.75 Å². The molecule has 19 heavy (non-hydrogen) atoms. The molecule has 0 radical (unpaired) electrons. The highest BCUT2D eigenvalue weighted by Gasteiger charge is 2.07. The Hall–Kier alpha value is -1.56. The molecule has 0 aliphatic carbocycles. The van der Waals surface area contributed by atoms with Crippen molar-refractivity contribution in [2.45, 2.75) is 19.8 Å². The summed E-state index contributed by atoms with van der Waals surface area (Å²) in [4.78, 5) is 21.6. The highest BCUT2D eigenvalue weighted by atomic mass is 79.9. The average molecular weight is 330 g/mol. The van der Waals surface area contributed by atoms with Crippen molar-refractivity contribution in [3.8, 4) is 5.75 Å². The lowest BCUT2D eigenvalue weighted by atomic mass is 10.1. The number of nitrogens with one attached hydrogen (secondary N) is 1. The molecule has 0 fully saturated rings. The summed E-state index contributed by atoms with van der Waals surface area (Å²) >= 11 is 3.38. The Morgan fingerprint density at radius 1 is 1.42 bits per heavy atom. The van der Waals surface area contributed by atoms with Gasteiger partial charge in [0.1, 0.15) is 12.3 Å². The molecule has 1 aromatic carbocycles. The number of halogens is 1. The molecule has 0 aliphatic heterocycles. The molecule has 0 aromatic heterocycles. The van der Waals surface area contributed by atoms with E-state index in [1.807, 2.05) is 12.1 Å². The van der Waals surface area contributed by atoms with Gasteiger partial charge in [0.05, 0.1) is 4.47 Å². The molecule has 0 saturated heterocycles. The van der Waals surface area contributed by atoms with Gasteiger partial charge in [0.15, 0.2) is 6.61 Å². The summed E-state index contributed by atoms with van der Waals surface area (Å²) in [6.45, 7) is 1.49. The van der Waals surface area contributed by atoms with Crippen LogP contribution in [0, 0.1) is 0 Å². The van der Waals surface area contributed by atoms with Gasteiger partial charge in [-0.15, -0.1) is 0 Å². The predicted molar refractivity (Wildman–Crippen MR) is 74.3 cm³/mol. The maximum absolute atomic E-state index is 11.3. The van der Waals surface area contributed by atoms with Gasteiger partial charge in [0, 0.05) is 0 Å². The number of aliphatic carboxylic acids is 1. The molecule has 5 nitrogen and oxygen atoms in total. The second kappa shape index (κ2) is 7.78. The quantitative estimate of drug-likeness (QED) is 0.802. The second-order valence-electron chi connectivity index (χ2n) is 3.97. The number of carboxylic acids is 1. The summed E-state index contributed by atoms with van der Waals surface area (Å²) in [6, 6.07) is 5.69. The number of amides is 1. The van der Waals surface area contributed by atoms with Gasteiger partial charge in [-0.2, -0.15) is 0 Å². The predicted octanol–water partition coefficient (Wildman–Crippen LogP) is 1.98. The van der Waals surface area contributed by atoms with Crippen LogP contribution in [0.5, 0.6) is 5.75 Å². The highest BCUT2D eigenvalue weighted by Crippen LogP contribution is 2.26. The van der Waals surface area contributed by atoms with Crippen LogP contribution in [0.2, 0.25) is 0 Å². The van der Waals surface area contributed by atoms with E-state index < -0.39 is 18.4 Å². The normalized spacial score (nSPS) is 10.0. The number of rotatable bonds is 7. The van der Waals surface area contributed by atoms with Gasteiger partial charge in [-0.25, -0.2) is 0 Å². The van der Waals surface area contributed by atoms with Crippen molar-refractivity contribution in [2.75, 3.05) is 13.2 Å². The SMILES string of the molecule is CCCc1ccc(OCC(=O)NCC(=O)O)c(Br)c1. The summed E-state index contributed by atoms with van der Waals surface area (Å²) in [5, 5.41) is 10.6. The van der Waals surface area contributed by atoms with E-state index in [1.165, 1.54) is 5.56 Å². The molecular formula is C13H16BrNO4. The van der Waals surface area contributed by atoms with Crippen molar-refractivity contribution in [1.29, 1.82) is 0 Å². The third kappa shape index (κ3) is 5.74. The molecule has 0 atom stereocenters. The molecule has 1 amide bonds. The molecule has 0 bridgehead atoms. The fourth-order valence-corrected chi connectivity index (χ4v) is 2.01. The van der Waals surface area contributed by atoms with Gasteiger partial charge >= 0.3 is 5.97 Å². The molecule has 1 aromatic rings. The first-order chi connectivity index (χ1) is 9.02. The van der Waals surface area contributed by atoms with Crippen molar-refractivity contribution in [1.82, 2.24) is 5.32 Å². The maximum Gasteiger partial charge on any atom is 0.322 e.